The molecule has 1 aromatic rings. The zero-order chi connectivity index (χ0) is 14.1. The Morgan fingerprint density at radius 3 is 2.75 bits per heavy atom. The van der Waals surface area contributed by atoms with Gasteiger partial charge >= 0.3 is 0 Å². The lowest BCUT2D eigenvalue weighted by atomic mass is 9.98. The van der Waals surface area contributed by atoms with Crippen LogP contribution in [-0.4, -0.2) is 41.4 Å². The van der Waals surface area contributed by atoms with Crippen LogP contribution in [0.15, 0.2) is 11.4 Å². The van der Waals surface area contributed by atoms with Crippen LogP contribution >= 0.6 is 11.3 Å². The monoisotopic (exact) mass is 292 g/mol. The Balaban J connectivity index is 1.56. The smallest absolute Gasteiger partial charge is 0.225 e. The molecule has 0 saturated carbocycles. The number of carbonyl (C=O) groups excluding carboxylic acids is 1. The van der Waals surface area contributed by atoms with Crippen LogP contribution in [0.25, 0.3) is 0 Å². The number of thiophene rings is 1. The topological polar surface area (TPSA) is 23.6 Å². The third kappa shape index (κ3) is 2.77. The van der Waals surface area contributed by atoms with Crippen molar-refractivity contribution in [2.45, 2.75) is 45.7 Å². The molecule has 0 N–H and O–H groups in total. The molecule has 4 heteroatoms. The van der Waals surface area contributed by atoms with E-state index in [0.29, 0.717) is 11.9 Å². The first kappa shape index (κ1) is 14.1. The highest BCUT2D eigenvalue weighted by Gasteiger charge is 2.29. The summed E-state index contributed by atoms with van der Waals surface area (Å²) < 4.78 is 0. The first-order valence-corrected chi connectivity index (χ1v) is 8.61. The molecule has 110 valence electrons. The maximum absolute atomic E-state index is 12.0. The van der Waals surface area contributed by atoms with Gasteiger partial charge in [0.05, 0.1) is 0 Å². The van der Waals surface area contributed by atoms with Crippen molar-refractivity contribution in [3.63, 3.8) is 0 Å². The molecule has 0 bridgehead atoms. The van der Waals surface area contributed by atoms with Gasteiger partial charge in [-0.1, -0.05) is 13.8 Å². The molecule has 0 atom stereocenters. The predicted molar refractivity (Wildman–Crippen MR) is 82.9 cm³/mol. The zero-order valence-corrected chi connectivity index (χ0v) is 13.3. The lowest BCUT2D eigenvalue weighted by Gasteiger charge is -2.40. The molecule has 0 spiro atoms. The number of rotatable bonds is 2. The number of amides is 1. The largest absolute Gasteiger partial charge is 0.342 e. The van der Waals surface area contributed by atoms with Crippen LogP contribution in [0.3, 0.4) is 0 Å². The van der Waals surface area contributed by atoms with E-state index in [1.165, 1.54) is 18.5 Å². The number of hydrogen-bond donors (Lipinski definition) is 0. The third-order valence-corrected chi connectivity index (χ3v) is 5.65. The van der Waals surface area contributed by atoms with Crippen molar-refractivity contribution in [2.24, 2.45) is 5.92 Å². The van der Waals surface area contributed by atoms with Gasteiger partial charge in [-0.25, -0.2) is 0 Å². The lowest BCUT2D eigenvalue weighted by Crippen LogP contribution is -2.48. The highest BCUT2D eigenvalue weighted by molar-refractivity contribution is 7.10. The Hall–Kier alpha value is -0.870. The van der Waals surface area contributed by atoms with E-state index in [0.717, 1.165) is 32.5 Å². The summed E-state index contributed by atoms with van der Waals surface area (Å²) in [6, 6.07) is 2.95. The van der Waals surface area contributed by atoms with Crippen molar-refractivity contribution in [3.8, 4) is 0 Å². The molecular formula is C16H24N2OS. The summed E-state index contributed by atoms with van der Waals surface area (Å²) in [7, 11) is 0. The van der Waals surface area contributed by atoms with E-state index in [-0.39, 0.29) is 5.92 Å². The van der Waals surface area contributed by atoms with Gasteiger partial charge in [0.15, 0.2) is 0 Å². The van der Waals surface area contributed by atoms with Crippen molar-refractivity contribution in [2.75, 3.05) is 19.6 Å². The van der Waals surface area contributed by atoms with Crippen LogP contribution in [-0.2, 0) is 17.8 Å². The van der Waals surface area contributed by atoms with Gasteiger partial charge in [0.2, 0.25) is 5.91 Å². The fraction of sp³-hybridized carbons (Fsp3) is 0.688. The van der Waals surface area contributed by atoms with Crippen LogP contribution in [0.2, 0.25) is 0 Å². The summed E-state index contributed by atoms with van der Waals surface area (Å²) >= 11 is 1.90. The van der Waals surface area contributed by atoms with E-state index in [4.69, 9.17) is 0 Å². The molecule has 2 aliphatic heterocycles. The molecule has 1 saturated heterocycles. The van der Waals surface area contributed by atoms with Crippen molar-refractivity contribution >= 4 is 17.2 Å². The SMILES string of the molecule is CC(C)C(=O)N1CCC(N2CCc3sccc3C2)CC1. The molecule has 3 nitrogen and oxygen atoms in total. The van der Waals surface area contributed by atoms with Gasteiger partial charge in [0.1, 0.15) is 0 Å². The molecule has 0 aromatic carbocycles. The van der Waals surface area contributed by atoms with Crippen LogP contribution in [0.1, 0.15) is 37.1 Å². The standard InChI is InChI=1S/C16H24N2OS/c1-12(2)16(19)17-7-3-14(4-8-17)18-9-5-15-13(11-18)6-10-20-15/h6,10,12,14H,3-5,7-9,11H2,1-2H3. The maximum atomic E-state index is 12.0. The van der Waals surface area contributed by atoms with Gasteiger partial charge in [0.25, 0.3) is 0 Å². The first-order valence-electron chi connectivity index (χ1n) is 7.73. The molecule has 3 heterocycles. The summed E-state index contributed by atoms with van der Waals surface area (Å²) in [5.41, 5.74) is 1.53. The predicted octanol–water partition coefficient (Wildman–Crippen LogP) is 2.75. The number of carbonyl (C=O) groups is 1. The minimum absolute atomic E-state index is 0.134. The molecule has 3 rings (SSSR count). The number of piperidine rings is 1. The van der Waals surface area contributed by atoms with Gasteiger partial charge < -0.3 is 4.90 Å². The second-order valence-electron chi connectivity index (χ2n) is 6.30. The van der Waals surface area contributed by atoms with Crippen molar-refractivity contribution < 1.29 is 4.79 Å². The van der Waals surface area contributed by atoms with Crippen LogP contribution in [0.5, 0.6) is 0 Å². The molecule has 0 aliphatic carbocycles. The van der Waals surface area contributed by atoms with Gasteiger partial charge in [-0.05, 0) is 36.3 Å². The Morgan fingerprint density at radius 2 is 2.05 bits per heavy atom. The minimum atomic E-state index is 0.134. The fourth-order valence-electron chi connectivity index (χ4n) is 3.40. The summed E-state index contributed by atoms with van der Waals surface area (Å²) in [4.78, 5) is 18.3. The summed E-state index contributed by atoms with van der Waals surface area (Å²) in [6.07, 6.45) is 3.48. The summed E-state index contributed by atoms with van der Waals surface area (Å²) in [5, 5.41) is 2.22. The van der Waals surface area contributed by atoms with Crippen molar-refractivity contribution in [1.29, 1.82) is 0 Å². The molecular weight excluding hydrogens is 268 g/mol. The lowest BCUT2D eigenvalue weighted by molar-refractivity contribution is -0.136. The molecule has 0 unspecified atom stereocenters. The molecule has 1 fully saturated rings. The number of likely N-dealkylation sites (tertiary alicyclic amines) is 1. The van der Waals surface area contributed by atoms with Crippen LogP contribution in [0.4, 0.5) is 0 Å². The normalized spacial score (nSPS) is 21.2. The number of nitrogens with zero attached hydrogens (tertiary/aromatic N) is 2. The zero-order valence-electron chi connectivity index (χ0n) is 12.5. The Kier molecular flexibility index (Phi) is 4.13. The Labute approximate surface area is 125 Å². The van der Waals surface area contributed by atoms with Crippen LogP contribution < -0.4 is 0 Å². The molecule has 1 aromatic heterocycles. The van der Waals surface area contributed by atoms with Crippen molar-refractivity contribution in [3.05, 3.63) is 21.9 Å². The number of hydrogen-bond acceptors (Lipinski definition) is 3. The Bertz CT molecular complexity index is 475. The number of fused-ring (bicyclic) bond motifs is 1. The molecule has 20 heavy (non-hydrogen) atoms. The minimum Gasteiger partial charge on any atom is -0.342 e. The van der Waals surface area contributed by atoms with Gasteiger partial charge in [0, 0.05) is 43.0 Å². The maximum Gasteiger partial charge on any atom is 0.225 e. The third-order valence-electron chi connectivity index (χ3n) is 4.62. The van der Waals surface area contributed by atoms with Gasteiger partial charge in [-0.15, -0.1) is 11.3 Å². The van der Waals surface area contributed by atoms with E-state index in [1.807, 2.05) is 25.2 Å². The molecule has 0 radical (unpaired) electrons. The van der Waals surface area contributed by atoms with E-state index < -0.39 is 0 Å². The van der Waals surface area contributed by atoms with Gasteiger partial charge in [-0.2, -0.15) is 0 Å². The Morgan fingerprint density at radius 1 is 1.30 bits per heavy atom. The second kappa shape index (κ2) is 5.86. The van der Waals surface area contributed by atoms with Crippen molar-refractivity contribution in [1.82, 2.24) is 9.80 Å². The quantitative estimate of drug-likeness (QED) is 0.837. The first-order chi connectivity index (χ1) is 9.65. The molecule has 2 aliphatic rings. The summed E-state index contributed by atoms with van der Waals surface area (Å²) in [5.74, 6) is 0.456. The average Bonchev–Trinajstić information content (AvgIpc) is 2.94. The van der Waals surface area contributed by atoms with E-state index in [1.54, 1.807) is 4.88 Å². The van der Waals surface area contributed by atoms with E-state index in [2.05, 4.69) is 21.2 Å². The van der Waals surface area contributed by atoms with E-state index >= 15 is 0 Å². The highest BCUT2D eigenvalue weighted by Crippen LogP contribution is 2.28. The second-order valence-corrected chi connectivity index (χ2v) is 7.30. The molecule has 1 amide bonds. The van der Waals surface area contributed by atoms with Gasteiger partial charge in [-0.3, -0.25) is 9.69 Å². The van der Waals surface area contributed by atoms with Crippen LogP contribution in [0, 0.1) is 5.92 Å². The fourth-order valence-corrected chi connectivity index (χ4v) is 4.29. The average molecular weight is 292 g/mol. The van der Waals surface area contributed by atoms with E-state index in [9.17, 15) is 4.79 Å². The summed E-state index contributed by atoms with van der Waals surface area (Å²) in [6.45, 7) is 8.18. The highest BCUT2D eigenvalue weighted by atomic mass is 32.1.